The van der Waals surface area contributed by atoms with Gasteiger partial charge in [0.05, 0.1) is 17.0 Å². The van der Waals surface area contributed by atoms with Crippen LogP contribution in [0.5, 0.6) is 0 Å². The van der Waals surface area contributed by atoms with E-state index in [0.29, 0.717) is 27.0 Å². The molecule has 0 radical (unpaired) electrons. The molecule has 0 bridgehead atoms. The number of halogens is 1. The highest BCUT2D eigenvalue weighted by atomic mass is 35.5. The van der Waals surface area contributed by atoms with E-state index in [1.54, 1.807) is 19.2 Å². The van der Waals surface area contributed by atoms with Crippen molar-refractivity contribution in [2.24, 2.45) is 0 Å². The van der Waals surface area contributed by atoms with Crippen molar-refractivity contribution in [2.75, 3.05) is 12.3 Å². The van der Waals surface area contributed by atoms with Gasteiger partial charge >= 0.3 is 5.97 Å². The summed E-state index contributed by atoms with van der Waals surface area (Å²) < 4.78 is 5.62. The molecule has 0 saturated carbocycles. The lowest BCUT2D eigenvalue weighted by Gasteiger charge is -1.98. The Kier molecular flexibility index (Phi) is 2.98. The van der Waals surface area contributed by atoms with Crippen molar-refractivity contribution in [3.63, 3.8) is 0 Å². The largest absolute Gasteiger partial charge is 0.462 e. The molecule has 0 fully saturated rings. The number of carbonyl (C=O) groups excluding carboxylic acids is 1. The van der Waals surface area contributed by atoms with Crippen LogP contribution in [0.2, 0.25) is 5.15 Å². The monoisotopic (exact) mass is 256 g/mol. The van der Waals surface area contributed by atoms with E-state index in [9.17, 15) is 4.79 Å². The SMILES string of the molecule is CCOC(=O)c1sc2c(Cl)nccc2c1N. The van der Waals surface area contributed by atoms with Crippen LogP contribution in [0.1, 0.15) is 16.6 Å². The van der Waals surface area contributed by atoms with Crippen LogP contribution in [0.15, 0.2) is 12.3 Å². The van der Waals surface area contributed by atoms with E-state index in [2.05, 4.69) is 4.98 Å². The fourth-order valence-corrected chi connectivity index (χ4v) is 2.62. The predicted molar refractivity (Wildman–Crippen MR) is 65.0 cm³/mol. The zero-order valence-electron chi connectivity index (χ0n) is 8.49. The van der Waals surface area contributed by atoms with Gasteiger partial charge in [-0.25, -0.2) is 9.78 Å². The van der Waals surface area contributed by atoms with Crippen molar-refractivity contribution in [2.45, 2.75) is 6.92 Å². The molecular weight excluding hydrogens is 248 g/mol. The summed E-state index contributed by atoms with van der Waals surface area (Å²) in [7, 11) is 0. The van der Waals surface area contributed by atoms with Crippen molar-refractivity contribution in [3.05, 3.63) is 22.3 Å². The number of ether oxygens (including phenoxy) is 1. The fourth-order valence-electron chi connectivity index (χ4n) is 1.36. The van der Waals surface area contributed by atoms with Crippen LogP contribution in [0, 0.1) is 0 Å². The van der Waals surface area contributed by atoms with Gasteiger partial charge in [0.2, 0.25) is 0 Å². The Morgan fingerprint density at radius 3 is 3.06 bits per heavy atom. The van der Waals surface area contributed by atoms with E-state index >= 15 is 0 Å². The summed E-state index contributed by atoms with van der Waals surface area (Å²) in [5.74, 6) is -0.419. The molecule has 2 rings (SSSR count). The van der Waals surface area contributed by atoms with Gasteiger partial charge in [-0.05, 0) is 13.0 Å². The van der Waals surface area contributed by atoms with E-state index < -0.39 is 5.97 Å². The number of nitrogens with zero attached hydrogens (tertiary/aromatic N) is 1. The zero-order valence-corrected chi connectivity index (χ0v) is 10.1. The minimum Gasteiger partial charge on any atom is -0.462 e. The third-order valence-electron chi connectivity index (χ3n) is 2.06. The number of carbonyl (C=O) groups is 1. The molecule has 0 aliphatic rings. The summed E-state index contributed by atoms with van der Waals surface area (Å²) in [5.41, 5.74) is 6.27. The molecule has 0 spiro atoms. The number of anilines is 1. The summed E-state index contributed by atoms with van der Waals surface area (Å²) in [6.45, 7) is 2.06. The van der Waals surface area contributed by atoms with Crippen molar-refractivity contribution >= 4 is 44.7 Å². The third-order valence-corrected chi connectivity index (χ3v) is 3.67. The summed E-state index contributed by atoms with van der Waals surface area (Å²) in [6.07, 6.45) is 1.56. The molecule has 0 saturated heterocycles. The molecule has 0 amide bonds. The second-order valence-electron chi connectivity index (χ2n) is 3.04. The van der Waals surface area contributed by atoms with Crippen LogP contribution in [-0.4, -0.2) is 17.6 Å². The Morgan fingerprint density at radius 2 is 2.44 bits per heavy atom. The van der Waals surface area contributed by atoms with Gasteiger partial charge in [0.15, 0.2) is 0 Å². The molecule has 2 aromatic heterocycles. The smallest absolute Gasteiger partial charge is 0.350 e. The van der Waals surface area contributed by atoms with Crippen LogP contribution in [0.3, 0.4) is 0 Å². The van der Waals surface area contributed by atoms with Crippen molar-refractivity contribution in [1.82, 2.24) is 4.98 Å². The minimum atomic E-state index is -0.419. The van der Waals surface area contributed by atoms with E-state index in [0.717, 1.165) is 5.39 Å². The normalized spacial score (nSPS) is 10.6. The number of hydrogen-bond donors (Lipinski definition) is 1. The van der Waals surface area contributed by atoms with Crippen molar-refractivity contribution in [1.29, 1.82) is 0 Å². The molecule has 84 valence electrons. The number of nitrogens with two attached hydrogens (primary N) is 1. The quantitative estimate of drug-likeness (QED) is 0.663. The van der Waals surface area contributed by atoms with Crippen LogP contribution >= 0.6 is 22.9 Å². The Balaban J connectivity index is 2.60. The lowest BCUT2D eigenvalue weighted by Crippen LogP contribution is -2.04. The number of aromatic nitrogens is 1. The second-order valence-corrected chi connectivity index (χ2v) is 4.42. The molecule has 16 heavy (non-hydrogen) atoms. The van der Waals surface area contributed by atoms with Crippen LogP contribution in [0.25, 0.3) is 10.1 Å². The van der Waals surface area contributed by atoms with E-state index in [1.807, 2.05) is 0 Å². The molecule has 4 nitrogen and oxygen atoms in total. The molecule has 0 unspecified atom stereocenters. The molecule has 0 aliphatic heterocycles. The highest BCUT2D eigenvalue weighted by molar-refractivity contribution is 7.22. The zero-order chi connectivity index (χ0) is 11.7. The standard InChI is InChI=1S/C10H9ClN2O2S/c1-2-15-10(14)8-6(12)5-3-4-13-9(11)7(5)16-8/h3-4H,2,12H2,1H3. The van der Waals surface area contributed by atoms with Gasteiger partial charge in [-0.2, -0.15) is 0 Å². The number of esters is 1. The van der Waals surface area contributed by atoms with Crippen LogP contribution in [-0.2, 0) is 4.74 Å². The van der Waals surface area contributed by atoms with E-state index in [4.69, 9.17) is 22.1 Å². The first kappa shape index (κ1) is 11.2. The second kappa shape index (κ2) is 4.27. The van der Waals surface area contributed by atoms with Gasteiger partial charge in [-0.1, -0.05) is 11.6 Å². The fraction of sp³-hybridized carbons (Fsp3) is 0.200. The number of rotatable bonds is 2. The first-order chi connectivity index (χ1) is 7.65. The molecular formula is C10H9ClN2O2S. The summed E-state index contributed by atoms with van der Waals surface area (Å²) in [6, 6.07) is 1.73. The first-order valence-electron chi connectivity index (χ1n) is 4.64. The number of pyridine rings is 1. The highest BCUT2D eigenvalue weighted by Crippen LogP contribution is 2.36. The van der Waals surface area contributed by atoms with Gasteiger partial charge < -0.3 is 10.5 Å². The Labute approximate surface area is 101 Å². The number of thiophene rings is 1. The number of hydrogen-bond acceptors (Lipinski definition) is 5. The summed E-state index contributed by atoms with van der Waals surface area (Å²) >= 11 is 7.12. The number of fused-ring (bicyclic) bond motifs is 1. The minimum absolute atomic E-state index is 0.318. The molecule has 0 atom stereocenters. The van der Waals surface area contributed by atoms with Crippen molar-refractivity contribution < 1.29 is 9.53 Å². The van der Waals surface area contributed by atoms with Gasteiger partial charge in [-0.15, -0.1) is 11.3 Å². The molecule has 6 heteroatoms. The van der Waals surface area contributed by atoms with Gasteiger partial charge in [-0.3, -0.25) is 0 Å². The average molecular weight is 257 g/mol. The summed E-state index contributed by atoms with van der Waals surface area (Å²) in [4.78, 5) is 15.9. The third kappa shape index (κ3) is 1.72. The highest BCUT2D eigenvalue weighted by Gasteiger charge is 2.18. The van der Waals surface area contributed by atoms with E-state index in [1.165, 1.54) is 11.3 Å². The lowest BCUT2D eigenvalue weighted by molar-refractivity contribution is 0.0533. The Morgan fingerprint density at radius 1 is 1.69 bits per heavy atom. The maximum atomic E-state index is 11.6. The first-order valence-corrected chi connectivity index (χ1v) is 5.84. The molecule has 2 heterocycles. The maximum Gasteiger partial charge on any atom is 0.350 e. The summed E-state index contributed by atoms with van der Waals surface area (Å²) in [5, 5.41) is 1.10. The average Bonchev–Trinajstić information content (AvgIpc) is 2.59. The van der Waals surface area contributed by atoms with Gasteiger partial charge in [0.1, 0.15) is 10.0 Å². The molecule has 0 aliphatic carbocycles. The van der Waals surface area contributed by atoms with Gasteiger partial charge in [0.25, 0.3) is 0 Å². The Hall–Kier alpha value is -1.33. The molecule has 2 N–H and O–H groups in total. The van der Waals surface area contributed by atoms with Crippen LogP contribution in [0.4, 0.5) is 5.69 Å². The Bertz CT molecular complexity index is 553. The lowest BCUT2D eigenvalue weighted by atomic mass is 10.2. The topological polar surface area (TPSA) is 65.2 Å². The molecule has 0 aromatic carbocycles. The maximum absolute atomic E-state index is 11.6. The van der Waals surface area contributed by atoms with Crippen LogP contribution < -0.4 is 5.73 Å². The van der Waals surface area contributed by atoms with Crippen molar-refractivity contribution in [3.8, 4) is 0 Å². The number of nitrogen functional groups attached to an aromatic ring is 1. The van der Waals surface area contributed by atoms with Gasteiger partial charge in [0, 0.05) is 11.6 Å². The molecule has 2 aromatic rings. The van der Waals surface area contributed by atoms with E-state index in [-0.39, 0.29) is 0 Å². The predicted octanol–water partition coefficient (Wildman–Crippen LogP) is 2.71.